The highest BCUT2D eigenvalue weighted by Crippen LogP contribution is 2.33. The molecular weight excluding hydrogens is 312 g/mol. The van der Waals surface area contributed by atoms with Gasteiger partial charge in [0.15, 0.2) is 12.1 Å². The van der Waals surface area contributed by atoms with Crippen molar-refractivity contribution >= 4 is 17.2 Å². The van der Waals surface area contributed by atoms with E-state index < -0.39 is 4.92 Å². The Balaban J connectivity index is 0.00000100. The number of non-ortho nitro benzene ring substituents is 1. The van der Waals surface area contributed by atoms with Gasteiger partial charge in [0.05, 0.1) is 4.92 Å². The monoisotopic (exact) mass is 332 g/mol. The van der Waals surface area contributed by atoms with Gasteiger partial charge in [-0.2, -0.15) is 4.98 Å². The molecule has 1 aliphatic heterocycles. The van der Waals surface area contributed by atoms with Crippen LogP contribution in [0.5, 0.6) is 5.88 Å². The third-order valence-electron chi connectivity index (χ3n) is 3.19. The average Bonchev–Trinajstić information content (AvgIpc) is 3.06. The summed E-state index contributed by atoms with van der Waals surface area (Å²) in [5.41, 5.74) is 1.55. The summed E-state index contributed by atoms with van der Waals surface area (Å²) < 4.78 is 5.68. The van der Waals surface area contributed by atoms with Gasteiger partial charge in [-0.05, 0) is 24.7 Å². The molecule has 2 heterocycles. The van der Waals surface area contributed by atoms with Crippen molar-refractivity contribution in [2.45, 2.75) is 26.7 Å². The quantitative estimate of drug-likeness (QED) is 0.564. The van der Waals surface area contributed by atoms with E-state index in [4.69, 9.17) is 4.74 Å². The van der Waals surface area contributed by atoms with Gasteiger partial charge in [0.1, 0.15) is 18.6 Å². The highest BCUT2D eigenvalue weighted by atomic mass is 16.6. The van der Waals surface area contributed by atoms with Gasteiger partial charge in [0.2, 0.25) is 5.88 Å². The molecule has 0 spiro atoms. The Labute approximate surface area is 139 Å². The summed E-state index contributed by atoms with van der Waals surface area (Å²) in [6.07, 6.45) is 1.28. The van der Waals surface area contributed by atoms with Crippen molar-refractivity contribution in [1.29, 1.82) is 0 Å². The largest absolute Gasteiger partial charge is 0.471 e. The molecule has 0 bridgehead atoms. The molecule has 1 atom stereocenters. The van der Waals surface area contributed by atoms with Crippen LogP contribution in [0.4, 0.5) is 17.2 Å². The molecule has 1 unspecified atom stereocenters. The van der Waals surface area contributed by atoms with Crippen LogP contribution in [-0.4, -0.2) is 28.2 Å². The lowest BCUT2D eigenvalue weighted by molar-refractivity contribution is -0.384. The van der Waals surface area contributed by atoms with Gasteiger partial charge >= 0.3 is 0 Å². The van der Waals surface area contributed by atoms with E-state index in [1.165, 1.54) is 18.5 Å². The van der Waals surface area contributed by atoms with Crippen molar-refractivity contribution in [2.24, 2.45) is 0 Å². The van der Waals surface area contributed by atoms with E-state index in [2.05, 4.69) is 25.9 Å². The summed E-state index contributed by atoms with van der Waals surface area (Å²) in [7, 11) is 1.81. The molecular formula is C15H20N6O3. The lowest BCUT2D eigenvalue weighted by Gasteiger charge is -2.10. The van der Waals surface area contributed by atoms with E-state index in [0.717, 1.165) is 5.56 Å². The average molecular weight is 332 g/mol. The highest BCUT2D eigenvalue weighted by Gasteiger charge is 2.23. The molecule has 0 fully saturated rings. The van der Waals surface area contributed by atoms with Crippen LogP contribution in [-0.2, 0) is 6.61 Å². The summed E-state index contributed by atoms with van der Waals surface area (Å²) >= 11 is 0. The van der Waals surface area contributed by atoms with Gasteiger partial charge < -0.3 is 15.4 Å². The molecule has 3 rings (SSSR count). The smallest absolute Gasteiger partial charge is 0.269 e. The molecule has 0 aliphatic carbocycles. The summed E-state index contributed by atoms with van der Waals surface area (Å²) in [5, 5.41) is 19.9. The van der Waals surface area contributed by atoms with E-state index in [0.29, 0.717) is 17.4 Å². The second-order valence-corrected chi connectivity index (χ2v) is 4.63. The van der Waals surface area contributed by atoms with E-state index >= 15 is 0 Å². The Morgan fingerprint density at radius 1 is 1.25 bits per heavy atom. The molecule has 24 heavy (non-hydrogen) atoms. The van der Waals surface area contributed by atoms with Crippen molar-refractivity contribution in [1.82, 2.24) is 15.3 Å². The third kappa shape index (κ3) is 3.87. The van der Waals surface area contributed by atoms with Crippen molar-refractivity contribution in [3.63, 3.8) is 0 Å². The van der Waals surface area contributed by atoms with Gasteiger partial charge in [0.25, 0.3) is 5.69 Å². The van der Waals surface area contributed by atoms with E-state index in [-0.39, 0.29) is 18.6 Å². The Kier molecular flexibility index (Phi) is 5.85. The van der Waals surface area contributed by atoms with Crippen molar-refractivity contribution in [3.8, 4) is 5.88 Å². The van der Waals surface area contributed by atoms with Gasteiger partial charge in [-0.3, -0.25) is 15.4 Å². The number of nitrogens with one attached hydrogen (secondary N) is 3. The minimum atomic E-state index is -0.435. The van der Waals surface area contributed by atoms with Crippen LogP contribution in [0.3, 0.4) is 0 Å². The molecule has 128 valence electrons. The van der Waals surface area contributed by atoms with Gasteiger partial charge in [-0.1, -0.05) is 13.8 Å². The topological polar surface area (TPSA) is 114 Å². The predicted molar refractivity (Wildman–Crippen MR) is 90.9 cm³/mol. The number of nitro benzene ring substituents is 1. The molecule has 2 aromatic rings. The van der Waals surface area contributed by atoms with Crippen LogP contribution in [0.1, 0.15) is 19.4 Å². The van der Waals surface area contributed by atoms with Gasteiger partial charge in [-0.25, -0.2) is 4.98 Å². The third-order valence-corrected chi connectivity index (χ3v) is 3.19. The van der Waals surface area contributed by atoms with Gasteiger partial charge in [0, 0.05) is 12.1 Å². The number of ether oxygens (including phenoxy) is 1. The van der Waals surface area contributed by atoms with E-state index in [9.17, 15) is 10.1 Å². The summed E-state index contributed by atoms with van der Waals surface area (Å²) in [6, 6.07) is 6.20. The molecule has 0 saturated heterocycles. The fourth-order valence-electron chi connectivity index (χ4n) is 2.05. The second kappa shape index (κ2) is 8.06. The van der Waals surface area contributed by atoms with Crippen LogP contribution in [0.25, 0.3) is 0 Å². The van der Waals surface area contributed by atoms with E-state index in [1.807, 2.05) is 13.8 Å². The lowest BCUT2D eigenvalue weighted by atomic mass is 10.2. The molecule has 0 radical (unpaired) electrons. The van der Waals surface area contributed by atoms with Crippen molar-refractivity contribution in [2.75, 3.05) is 17.7 Å². The fraction of sp³-hybridized carbons (Fsp3) is 0.333. The number of rotatable bonds is 5. The normalized spacial score (nSPS) is 14.5. The van der Waals surface area contributed by atoms with Gasteiger partial charge in [-0.15, -0.1) is 0 Å². The number of fused-ring (bicyclic) bond motifs is 1. The van der Waals surface area contributed by atoms with Crippen LogP contribution in [0, 0.1) is 10.1 Å². The van der Waals surface area contributed by atoms with E-state index in [1.54, 1.807) is 19.2 Å². The first-order chi connectivity index (χ1) is 11.7. The number of nitro groups is 1. The predicted octanol–water partition coefficient (Wildman–Crippen LogP) is 2.33. The Morgan fingerprint density at radius 2 is 1.96 bits per heavy atom. The fourth-order valence-corrected chi connectivity index (χ4v) is 2.05. The Morgan fingerprint density at radius 3 is 2.58 bits per heavy atom. The molecule has 9 nitrogen and oxygen atoms in total. The van der Waals surface area contributed by atoms with Crippen LogP contribution in [0.15, 0.2) is 30.6 Å². The number of hydrogen-bond donors (Lipinski definition) is 3. The second-order valence-electron chi connectivity index (χ2n) is 4.63. The zero-order valence-electron chi connectivity index (χ0n) is 13.7. The number of hydrogen-bond acceptors (Lipinski definition) is 8. The highest BCUT2D eigenvalue weighted by molar-refractivity contribution is 5.74. The summed E-state index contributed by atoms with van der Waals surface area (Å²) in [6.45, 7) is 4.26. The molecule has 3 N–H and O–H groups in total. The first-order valence-corrected chi connectivity index (χ1v) is 7.59. The Bertz CT molecular complexity index is 692. The van der Waals surface area contributed by atoms with Crippen LogP contribution in [0.2, 0.25) is 0 Å². The van der Waals surface area contributed by atoms with Crippen LogP contribution < -0.4 is 20.7 Å². The molecule has 1 aliphatic rings. The maximum atomic E-state index is 10.6. The van der Waals surface area contributed by atoms with Crippen molar-refractivity contribution in [3.05, 3.63) is 46.3 Å². The van der Waals surface area contributed by atoms with Crippen molar-refractivity contribution < 1.29 is 9.66 Å². The lowest BCUT2D eigenvalue weighted by Crippen LogP contribution is -2.36. The first-order valence-electron chi connectivity index (χ1n) is 7.59. The number of nitrogens with zero attached hydrogens (tertiary/aromatic N) is 3. The van der Waals surface area contributed by atoms with Crippen LogP contribution >= 0.6 is 0 Å². The minimum Gasteiger partial charge on any atom is -0.471 e. The minimum absolute atomic E-state index is 0.0504. The standard InChI is InChI=1S/C13H14N6O3.C2H6/c1-14-13-17-10-11(18-13)15-7-16-12(10)22-6-8-2-4-9(5-3-8)19(20)21;1-2/h2-5,7,13-14,17H,6H2,1H3,(H,15,16,18);1-2H3. The molecule has 0 saturated carbocycles. The number of anilines is 2. The molecule has 9 heteroatoms. The molecule has 1 aromatic carbocycles. The molecule has 0 amide bonds. The zero-order chi connectivity index (χ0) is 17.5. The maximum absolute atomic E-state index is 10.6. The summed E-state index contributed by atoms with van der Waals surface area (Å²) in [4.78, 5) is 18.4. The number of benzene rings is 1. The molecule has 1 aromatic heterocycles. The summed E-state index contributed by atoms with van der Waals surface area (Å²) in [5.74, 6) is 1.08. The first kappa shape index (κ1) is 17.4. The SMILES string of the molecule is CC.CNC1Nc2ncnc(OCc3ccc([N+](=O)[O-])cc3)c2N1. The zero-order valence-corrected chi connectivity index (χ0v) is 13.7. The Hall–Kier alpha value is -2.94. The maximum Gasteiger partial charge on any atom is 0.269 e. The number of aromatic nitrogens is 2.